The third kappa shape index (κ3) is 3.99. The summed E-state index contributed by atoms with van der Waals surface area (Å²) in [5, 5.41) is -0.280. The summed E-state index contributed by atoms with van der Waals surface area (Å²) in [7, 11) is -3.99. The van der Waals surface area contributed by atoms with Gasteiger partial charge in [0.2, 0.25) is 10.0 Å². The highest BCUT2D eigenvalue weighted by Gasteiger charge is 2.25. The third-order valence-electron chi connectivity index (χ3n) is 3.78. The van der Waals surface area contributed by atoms with Crippen molar-refractivity contribution in [3.63, 3.8) is 0 Å². The number of carbonyl (C=O) groups is 1. The molecule has 27 heavy (non-hydrogen) atoms. The molecule has 0 aliphatic heterocycles. The van der Waals surface area contributed by atoms with E-state index in [4.69, 9.17) is 11.6 Å². The van der Waals surface area contributed by atoms with Crippen LogP contribution in [0.2, 0.25) is 5.15 Å². The van der Waals surface area contributed by atoms with Crippen LogP contribution in [0.1, 0.15) is 15.9 Å². The Morgan fingerprint density at radius 3 is 2.63 bits per heavy atom. The van der Waals surface area contributed by atoms with Crippen LogP contribution in [0.5, 0.6) is 0 Å². The fourth-order valence-corrected chi connectivity index (χ4v) is 4.35. The number of halogens is 2. The van der Waals surface area contributed by atoms with Gasteiger partial charge in [-0.2, -0.15) is 0 Å². The predicted molar refractivity (Wildman–Crippen MR) is 103 cm³/mol. The predicted octanol–water partition coefficient (Wildman–Crippen LogP) is 4.05. The highest BCUT2D eigenvalue weighted by Crippen LogP contribution is 2.32. The van der Waals surface area contributed by atoms with Gasteiger partial charge in [0.1, 0.15) is 11.0 Å². The van der Waals surface area contributed by atoms with Crippen LogP contribution in [-0.2, 0) is 10.0 Å². The summed E-state index contributed by atoms with van der Waals surface area (Å²) < 4.78 is 40.7. The molecule has 8 heteroatoms. The summed E-state index contributed by atoms with van der Waals surface area (Å²) in [5.41, 5.74) is 0.728. The van der Waals surface area contributed by atoms with Crippen molar-refractivity contribution in [1.29, 1.82) is 0 Å². The van der Waals surface area contributed by atoms with Crippen LogP contribution in [-0.4, -0.2) is 29.4 Å². The number of rotatable bonds is 6. The van der Waals surface area contributed by atoms with Crippen LogP contribution in [0, 0.1) is 5.82 Å². The Labute approximate surface area is 160 Å². The molecule has 0 saturated heterocycles. The summed E-state index contributed by atoms with van der Waals surface area (Å²) in [6.45, 7) is 0. The third-order valence-corrected chi connectivity index (χ3v) is 5.82. The normalized spacial score (nSPS) is 11.8. The van der Waals surface area contributed by atoms with Gasteiger partial charge in [-0.25, -0.2) is 16.8 Å². The molecule has 5 nitrogen and oxygen atoms in total. The first-order valence-corrected chi connectivity index (χ1v) is 9.84. The molecule has 0 N–H and O–H groups in total. The molecule has 0 amide bonds. The van der Waals surface area contributed by atoms with Gasteiger partial charge in [-0.15, -0.1) is 0 Å². The summed E-state index contributed by atoms with van der Waals surface area (Å²) in [6.07, 6.45) is 6.67. The van der Waals surface area contributed by atoms with Crippen LogP contribution in [0.4, 0.5) is 4.39 Å². The average molecular weight is 405 g/mol. The van der Waals surface area contributed by atoms with Crippen molar-refractivity contribution in [2.24, 2.45) is 0 Å². The van der Waals surface area contributed by atoms with Crippen molar-refractivity contribution in [3.8, 4) is 11.3 Å². The fourth-order valence-electron chi connectivity index (χ4n) is 2.55. The molecule has 3 aromatic rings. The number of nitrogens with zero attached hydrogens (tertiary/aromatic N) is 2. The van der Waals surface area contributed by atoms with E-state index in [1.165, 1.54) is 30.3 Å². The number of aromatic nitrogens is 2. The minimum atomic E-state index is -3.99. The zero-order valence-corrected chi connectivity index (χ0v) is 15.5. The summed E-state index contributed by atoms with van der Waals surface area (Å²) >= 11 is 6.11. The van der Waals surface area contributed by atoms with E-state index in [0.29, 0.717) is 6.29 Å². The summed E-state index contributed by atoms with van der Waals surface area (Å²) in [5.74, 6) is -1.01. The first-order chi connectivity index (χ1) is 12.9. The zero-order valence-electron chi connectivity index (χ0n) is 13.9. The minimum absolute atomic E-state index is 0.00465. The Morgan fingerprint density at radius 1 is 1.19 bits per heavy atom. The SMILES string of the molecule is O=Cc1cc(-c2ccccc2F)n(S(=O)(=O)CC=Cc2cccnc2)c1Cl. The molecule has 0 aliphatic carbocycles. The number of hydrogen-bond donors (Lipinski definition) is 0. The van der Waals surface area contributed by atoms with Gasteiger partial charge in [-0.1, -0.05) is 42.0 Å². The molecule has 0 unspecified atom stereocenters. The molecule has 2 aromatic heterocycles. The van der Waals surface area contributed by atoms with Crippen LogP contribution >= 0.6 is 11.6 Å². The van der Waals surface area contributed by atoms with Crippen molar-refractivity contribution >= 4 is 34.0 Å². The lowest BCUT2D eigenvalue weighted by Crippen LogP contribution is -2.17. The molecule has 3 rings (SSSR count). The lowest BCUT2D eigenvalue weighted by Gasteiger charge is -2.11. The van der Waals surface area contributed by atoms with E-state index in [-0.39, 0.29) is 22.0 Å². The lowest BCUT2D eigenvalue weighted by molar-refractivity contribution is 0.112. The number of pyridine rings is 1. The molecule has 0 aliphatic rings. The van der Waals surface area contributed by atoms with E-state index in [0.717, 1.165) is 9.54 Å². The molecule has 2 heterocycles. The van der Waals surface area contributed by atoms with Gasteiger partial charge in [0, 0.05) is 18.0 Å². The van der Waals surface area contributed by atoms with E-state index in [9.17, 15) is 17.6 Å². The Balaban J connectivity index is 2.04. The molecule has 0 atom stereocenters. The van der Waals surface area contributed by atoms with Gasteiger partial charge in [0.15, 0.2) is 6.29 Å². The first-order valence-electron chi connectivity index (χ1n) is 7.85. The second-order valence-corrected chi connectivity index (χ2v) is 7.83. The molecular weight excluding hydrogens is 391 g/mol. The summed E-state index contributed by atoms with van der Waals surface area (Å²) in [6, 6.07) is 10.4. The standard InChI is InChI=1S/C19H14ClFN2O3S/c20-19-15(13-24)11-18(16-7-1-2-8-17(16)21)23(19)27(25,26)10-4-6-14-5-3-9-22-12-14/h1-9,11-13H,10H2. The highest BCUT2D eigenvalue weighted by atomic mass is 35.5. The molecule has 0 saturated carbocycles. The number of benzene rings is 1. The Bertz CT molecular complexity index is 1110. The molecule has 0 fully saturated rings. The van der Waals surface area contributed by atoms with Crippen LogP contribution in [0.15, 0.2) is 60.9 Å². The van der Waals surface area contributed by atoms with E-state index in [1.54, 1.807) is 36.7 Å². The van der Waals surface area contributed by atoms with Gasteiger partial charge in [-0.05, 0) is 29.8 Å². The van der Waals surface area contributed by atoms with Gasteiger partial charge < -0.3 is 0 Å². The zero-order chi connectivity index (χ0) is 19.4. The largest absolute Gasteiger partial charge is 0.298 e. The van der Waals surface area contributed by atoms with Crippen molar-refractivity contribution in [2.75, 3.05) is 5.75 Å². The molecule has 138 valence electrons. The van der Waals surface area contributed by atoms with Gasteiger partial charge in [-0.3, -0.25) is 9.78 Å². The second kappa shape index (κ2) is 7.85. The van der Waals surface area contributed by atoms with Gasteiger partial charge in [0.25, 0.3) is 0 Å². The quantitative estimate of drug-likeness (QED) is 0.581. The van der Waals surface area contributed by atoms with E-state index in [1.807, 2.05) is 0 Å². The number of carbonyl (C=O) groups excluding carboxylic acids is 1. The first kappa shape index (κ1) is 19.0. The topological polar surface area (TPSA) is 69.0 Å². The molecule has 0 bridgehead atoms. The van der Waals surface area contributed by atoms with Crippen molar-refractivity contribution < 1.29 is 17.6 Å². The molecule has 1 aromatic carbocycles. The summed E-state index contributed by atoms with van der Waals surface area (Å²) in [4.78, 5) is 15.2. The van der Waals surface area contributed by atoms with Crippen molar-refractivity contribution in [2.45, 2.75) is 0 Å². The fraction of sp³-hybridized carbons (Fsp3) is 0.0526. The van der Waals surface area contributed by atoms with E-state index in [2.05, 4.69) is 4.98 Å². The highest BCUT2D eigenvalue weighted by molar-refractivity contribution is 7.90. The Hall–Kier alpha value is -2.77. The Morgan fingerprint density at radius 2 is 1.96 bits per heavy atom. The maximum absolute atomic E-state index is 14.2. The van der Waals surface area contributed by atoms with E-state index < -0.39 is 21.6 Å². The van der Waals surface area contributed by atoms with Gasteiger partial charge in [0.05, 0.1) is 17.0 Å². The number of hydrogen-bond acceptors (Lipinski definition) is 4. The maximum Gasteiger partial charge on any atom is 0.243 e. The van der Waals surface area contributed by atoms with Crippen LogP contribution in [0.3, 0.4) is 0 Å². The average Bonchev–Trinajstić information content (AvgIpc) is 3.00. The lowest BCUT2D eigenvalue weighted by atomic mass is 10.1. The second-order valence-electron chi connectivity index (χ2n) is 5.61. The van der Waals surface area contributed by atoms with Crippen LogP contribution in [0.25, 0.3) is 17.3 Å². The van der Waals surface area contributed by atoms with E-state index >= 15 is 0 Å². The van der Waals surface area contributed by atoms with Gasteiger partial charge >= 0.3 is 0 Å². The molecule has 0 radical (unpaired) electrons. The van der Waals surface area contributed by atoms with Crippen molar-refractivity contribution in [3.05, 3.63) is 83.0 Å². The molecular formula is C19H14ClFN2O3S. The smallest absolute Gasteiger partial charge is 0.243 e. The van der Waals surface area contributed by atoms with Crippen LogP contribution < -0.4 is 0 Å². The monoisotopic (exact) mass is 404 g/mol. The maximum atomic E-state index is 14.2. The van der Waals surface area contributed by atoms with Crippen molar-refractivity contribution in [1.82, 2.24) is 8.96 Å². The minimum Gasteiger partial charge on any atom is -0.298 e. The Kier molecular flexibility index (Phi) is 5.53. The number of aldehydes is 1. The molecule has 0 spiro atoms.